The van der Waals surface area contributed by atoms with Crippen LogP contribution in [0.25, 0.3) is 0 Å². The molecule has 0 radical (unpaired) electrons. The summed E-state index contributed by atoms with van der Waals surface area (Å²) in [5.74, 6) is -0.629. The summed E-state index contributed by atoms with van der Waals surface area (Å²) in [6.45, 7) is 3.72. The average Bonchev–Trinajstić information content (AvgIpc) is 3.30. The summed E-state index contributed by atoms with van der Waals surface area (Å²) in [7, 11) is -23.8. The van der Waals surface area contributed by atoms with Gasteiger partial charge in [-0.1, -0.05) is 43.1 Å². The highest BCUT2D eigenvalue weighted by molar-refractivity contribution is 7.69. The van der Waals surface area contributed by atoms with Crippen molar-refractivity contribution >= 4 is 71.7 Å². The van der Waals surface area contributed by atoms with Gasteiger partial charge >= 0.3 is 37.0 Å². The summed E-state index contributed by atoms with van der Waals surface area (Å²) in [5.41, 5.74) is -3.09. The first-order valence-electron chi connectivity index (χ1n) is 14.2. The number of carbonyl (C=O) groups excluding carboxylic acids is 1. The summed E-state index contributed by atoms with van der Waals surface area (Å²) in [4.78, 5) is 91.3. The number of aliphatic hydroxyl groups is 1. The Morgan fingerprint density at radius 3 is 2.25 bits per heavy atom. The summed E-state index contributed by atoms with van der Waals surface area (Å²) in [6.07, 6.45) is -1.29. The Kier molecular flexibility index (Phi) is 10.9. The normalized spacial score (nSPS) is 26.4. The molecule has 0 amide bonds. The summed E-state index contributed by atoms with van der Waals surface area (Å²) in [5, 5.41) is 10.8. The second-order valence-corrected chi connectivity index (χ2v) is 18.8. The van der Waals surface area contributed by atoms with Gasteiger partial charge < -0.3 is 34.3 Å². The number of aliphatic hydroxyl groups excluding tert-OH is 1. The molecule has 5 rings (SSSR count). The predicted molar refractivity (Wildman–Crippen MR) is 178 cm³/mol. The van der Waals surface area contributed by atoms with Gasteiger partial charge in [-0.05, 0) is 30.7 Å². The molecule has 52 heavy (non-hydrogen) atoms. The van der Waals surface area contributed by atoms with E-state index in [2.05, 4.69) is 27.4 Å². The molecule has 2 aromatic rings. The molecule has 0 bridgehead atoms. The van der Waals surface area contributed by atoms with Crippen LogP contribution in [0.15, 0.2) is 60.7 Å². The van der Waals surface area contributed by atoms with Gasteiger partial charge in [0.2, 0.25) is 5.78 Å². The second kappa shape index (κ2) is 13.8. The number of allylic oxidation sites excluding steroid dienone is 4. The number of carbonyl (C=O) groups is 1. The molecular formula is C25H27Cl2N3O18P4. The average molecular weight is 852 g/mol. The van der Waals surface area contributed by atoms with Crippen molar-refractivity contribution < 1.29 is 74.8 Å². The maximum Gasteiger partial charge on any atom is 0.490 e. The van der Waals surface area contributed by atoms with Gasteiger partial charge in [0.15, 0.2) is 5.72 Å². The van der Waals surface area contributed by atoms with Gasteiger partial charge in [0, 0.05) is 34.7 Å². The van der Waals surface area contributed by atoms with Crippen LogP contribution >= 0.6 is 54.5 Å². The van der Waals surface area contributed by atoms with Crippen LogP contribution in [-0.2, 0) is 56.4 Å². The number of hydrogen-bond acceptors (Lipinski definition) is 14. The number of nitrogens with zero attached hydrogens (tertiary/aromatic N) is 2. The molecule has 1 aromatic carbocycles. The molecule has 1 aliphatic carbocycles. The number of hydrogen-bond donors (Lipinski definition) is 7. The first-order chi connectivity index (χ1) is 23.7. The van der Waals surface area contributed by atoms with Crippen molar-refractivity contribution in [2.24, 2.45) is 4.99 Å². The van der Waals surface area contributed by atoms with Crippen molar-refractivity contribution in [3.63, 3.8) is 0 Å². The molecule has 0 saturated carbocycles. The van der Waals surface area contributed by atoms with Crippen molar-refractivity contribution in [2.45, 2.75) is 50.5 Å². The van der Waals surface area contributed by atoms with E-state index in [1.165, 1.54) is 25.1 Å². The number of Topliss-reactive ketones (excluding diaryl/α,β-unsaturated/α-hetero) is 1. The van der Waals surface area contributed by atoms with Crippen LogP contribution < -0.4 is 11.2 Å². The lowest BCUT2D eigenvalue weighted by atomic mass is 9.70. The molecule has 3 heterocycles. The largest absolute Gasteiger partial charge is 0.490 e. The molecule has 21 nitrogen and oxygen atoms in total. The van der Waals surface area contributed by atoms with Gasteiger partial charge in [0.25, 0.3) is 5.56 Å². The lowest BCUT2D eigenvalue weighted by Crippen LogP contribution is -2.46. The zero-order valence-electron chi connectivity index (χ0n) is 26.5. The zero-order chi connectivity index (χ0) is 39.0. The topological polar surface area (TPSA) is 320 Å². The Bertz CT molecular complexity index is 2300. The third kappa shape index (κ3) is 8.22. The molecule has 1 aromatic heterocycles. The van der Waals surface area contributed by atoms with Crippen molar-refractivity contribution in [3.05, 3.63) is 83.6 Å². The van der Waals surface area contributed by atoms with E-state index in [0.29, 0.717) is 22.5 Å². The molecule has 1 fully saturated rings. The fourth-order valence-corrected chi connectivity index (χ4v) is 10.9. The fraction of sp³-hybridized carbons (Fsp3) is 0.360. The van der Waals surface area contributed by atoms with E-state index in [4.69, 9.17) is 37.7 Å². The number of phosphoric acid groups is 4. The summed E-state index contributed by atoms with van der Waals surface area (Å²) in [6, 6.07) is 4.56. The van der Waals surface area contributed by atoms with Crippen LogP contribution in [0.2, 0.25) is 0 Å². The van der Waals surface area contributed by atoms with E-state index in [9.17, 15) is 52.4 Å². The predicted octanol–water partition coefficient (Wildman–Crippen LogP) is 2.72. The minimum atomic E-state index is -6.14. The van der Waals surface area contributed by atoms with E-state index in [1.54, 1.807) is 19.9 Å². The third-order valence-electron chi connectivity index (χ3n) is 7.94. The number of aromatic nitrogens is 2. The number of aromatic amines is 1. The monoisotopic (exact) mass is 851 g/mol. The van der Waals surface area contributed by atoms with E-state index in [1.807, 2.05) is 0 Å². The number of ether oxygens (including phenoxy) is 1. The Morgan fingerprint density at radius 1 is 1.00 bits per heavy atom. The SMILES string of the molecule is Cc1cn([C@@]2(c3ccc4c(c3)C(C)(C)C3=C(Cl)C(=O)C(Cl)=CC3=N4)C[C@H](O)[C@@H](COP(=O)(O)OP(=O)(O)OP(=O)(O)OP(=O)(O)O)O2)c(=O)[nH]c1=O. The number of benzene rings is 1. The van der Waals surface area contributed by atoms with E-state index in [0.717, 1.165) is 10.8 Å². The third-order valence-corrected chi connectivity index (χ3v) is 14.0. The molecule has 3 unspecified atom stereocenters. The van der Waals surface area contributed by atoms with Gasteiger partial charge in [0.05, 0.1) is 34.2 Å². The number of aryl methyl sites for hydroxylation is 1. The quantitative estimate of drug-likeness (QED) is 0.126. The smallest absolute Gasteiger partial charge is 0.390 e. The summed E-state index contributed by atoms with van der Waals surface area (Å²) < 4.78 is 69.8. The molecule has 27 heteroatoms. The maximum absolute atomic E-state index is 13.3. The van der Waals surface area contributed by atoms with Crippen molar-refractivity contribution in [1.82, 2.24) is 9.55 Å². The molecule has 2 aliphatic heterocycles. The number of aliphatic imine (C=N–C) groups is 1. The maximum atomic E-state index is 13.3. The van der Waals surface area contributed by atoms with Crippen molar-refractivity contribution in [2.75, 3.05) is 6.61 Å². The molecule has 1 saturated heterocycles. The zero-order valence-corrected chi connectivity index (χ0v) is 31.6. The Hall–Kier alpha value is -2.22. The Labute approximate surface area is 301 Å². The van der Waals surface area contributed by atoms with Crippen LogP contribution in [0.5, 0.6) is 0 Å². The lowest BCUT2D eigenvalue weighted by Gasteiger charge is -2.38. The van der Waals surface area contributed by atoms with Crippen LogP contribution in [0.4, 0.5) is 5.69 Å². The number of nitrogens with one attached hydrogen (secondary N) is 1. The number of halogens is 2. The molecule has 3 aliphatic rings. The van der Waals surface area contributed by atoms with Gasteiger partial charge in [-0.2, -0.15) is 12.9 Å². The van der Waals surface area contributed by atoms with Crippen LogP contribution in [-0.4, -0.2) is 69.4 Å². The van der Waals surface area contributed by atoms with Gasteiger partial charge in [-0.3, -0.25) is 23.7 Å². The highest BCUT2D eigenvalue weighted by Crippen LogP contribution is 2.70. The molecule has 284 valence electrons. The number of ketones is 1. The standard InChI is InChI=1S/C25H27Cl2N3O18P4/c1-11-9-30(23(34)29-22(11)33)25(12-4-5-15-13(6-12)24(2,3)19-16(28-15)7-14(26)21(32)20(19)27)8-17(31)18(45-25)10-44-50(38,39)47-52(42,43)48-51(40,41)46-49(35,36)37/h4-7,9,17-18,31H,8,10H2,1-3H3,(H,38,39)(H,40,41)(H,42,43)(H,29,33,34)(H2,35,36,37)/t17-,18+,25-/m0/s1. The molecule has 7 N–H and O–H groups in total. The van der Waals surface area contributed by atoms with Gasteiger partial charge in [0.1, 0.15) is 6.10 Å². The Balaban J connectivity index is 1.51. The first kappa shape index (κ1) is 41.0. The molecule has 6 atom stereocenters. The number of phosphoric ester groups is 1. The molecular weight excluding hydrogens is 825 g/mol. The van der Waals surface area contributed by atoms with E-state index < -0.39 is 84.7 Å². The van der Waals surface area contributed by atoms with Crippen LogP contribution in [0, 0.1) is 6.92 Å². The highest BCUT2D eigenvalue weighted by Gasteiger charge is 2.52. The van der Waals surface area contributed by atoms with E-state index in [-0.39, 0.29) is 21.2 Å². The minimum Gasteiger partial charge on any atom is -0.390 e. The lowest BCUT2D eigenvalue weighted by molar-refractivity contribution is -0.111. The first-order valence-corrected chi connectivity index (χ1v) is 21.0. The van der Waals surface area contributed by atoms with Crippen LogP contribution in [0.1, 0.15) is 37.0 Å². The Morgan fingerprint density at radius 2 is 1.62 bits per heavy atom. The number of rotatable bonds is 11. The van der Waals surface area contributed by atoms with Crippen LogP contribution in [0.3, 0.4) is 0 Å². The van der Waals surface area contributed by atoms with Gasteiger partial charge in [-0.15, -0.1) is 0 Å². The highest BCUT2D eigenvalue weighted by atomic mass is 35.5. The second-order valence-electron chi connectivity index (χ2n) is 12.0. The minimum absolute atomic E-state index is 0.0291. The van der Waals surface area contributed by atoms with Crippen molar-refractivity contribution in [1.29, 1.82) is 0 Å². The van der Waals surface area contributed by atoms with Gasteiger partial charge in [-0.25, -0.2) is 28.0 Å². The number of H-pyrrole nitrogens is 1. The van der Waals surface area contributed by atoms with Crippen molar-refractivity contribution in [3.8, 4) is 0 Å². The number of fused-ring (bicyclic) bond motifs is 2. The molecule has 0 spiro atoms. The van der Waals surface area contributed by atoms with E-state index >= 15 is 0 Å². The summed E-state index contributed by atoms with van der Waals surface area (Å²) >= 11 is 12.5. The fourth-order valence-electron chi connectivity index (χ4n) is 5.78.